The normalized spacial score (nSPS) is 15.3. The molecule has 0 saturated heterocycles. The van der Waals surface area contributed by atoms with Crippen LogP contribution in [-0.2, 0) is 9.53 Å². The Morgan fingerprint density at radius 1 is 1.12 bits per heavy atom. The fraction of sp³-hybridized carbons (Fsp3) is 0.222. The third-order valence-electron chi connectivity index (χ3n) is 3.52. The molecular formula is C18H16FNO5. The van der Waals surface area contributed by atoms with Crippen molar-refractivity contribution in [1.82, 2.24) is 5.32 Å². The van der Waals surface area contributed by atoms with Crippen molar-refractivity contribution in [3.63, 3.8) is 0 Å². The molecule has 0 bridgehead atoms. The number of benzene rings is 2. The lowest BCUT2D eigenvalue weighted by molar-refractivity contribution is -0.124. The molecule has 1 heterocycles. The van der Waals surface area contributed by atoms with Crippen LogP contribution in [0.15, 0.2) is 48.5 Å². The van der Waals surface area contributed by atoms with E-state index < -0.39 is 24.3 Å². The molecule has 1 atom stereocenters. The third-order valence-corrected chi connectivity index (χ3v) is 3.52. The molecule has 6 nitrogen and oxygen atoms in total. The van der Waals surface area contributed by atoms with Crippen LogP contribution in [0.2, 0.25) is 0 Å². The van der Waals surface area contributed by atoms with E-state index >= 15 is 0 Å². The Balaban J connectivity index is 1.43. The second kappa shape index (κ2) is 7.65. The van der Waals surface area contributed by atoms with Gasteiger partial charge in [0.05, 0.1) is 12.1 Å². The summed E-state index contributed by atoms with van der Waals surface area (Å²) in [4.78, 5) is 23.5. The number of amides is 1. The van der Waals surface area contributed by atoms with Gasteiger partial charge in [0.1, 0.15) is 18.5 Å². The number of carbonyl (C=O) groups excluding carboxylic acids is 2. The lowest BCUT2D eigenvalue weighted by Gasteiger charge is -2.26. The average molecular weight is 345 g/mol. The summed E-state index contributed by atoms with van der Waals surface area (Å²) in [5, 5.41) is 2.59. The van der Waals surface area contributed by atoms with Crippen molar-refractivity contribution >= 4 is 11.9 Å². The summed E-state index contributed by atoms with van der Waals surface area (Å²) in [6.45, 7) is -0.00590. The van der Waals surface area contributed by atoms with Gasteiger partial charge in [-0.05, 0) is 24.3 Å². The van der Waals surface area contributed by atoms with E-state index in [9.17, 15) is 14.0 Å². The van der Waals surface area contributed by atoms with Crippen LogP contribution in [0.1, 0.15) is 10.4 Å². The number of esters is 1. The second-order valence-corrected chi connectivity index (χ2v) is 5.36. The van der Waals surface area contributed by atoms with E-state index in [1.54, 1.807) is 12.1 Å². The first-order valence-electron chi connectivity index (χ1n) is 7.70. The highest BCUT2D eigenvalue weighted by molar-refractivity contribution is 5.91. The molecule has 2 aromatic rings. The zero-order chi connectivity index (χ0) is 17.6. The summed E-state index contributed by atoms with van der Waals surface area (Å²) in [5.74, 6) is -0.825. The number of para-hydroxylation sites is 2. The summed E-state index contributed by atoms with van der Waals surface area (Å²) < 4.78 is 29.5. The molecule has 25 heavy (non-hydrogen) atoms. The van der Waals surface area contributed by atoms with Crippen LogP contribution >= 0.6 is 0 Å². The molecule has 1 aliphatic rings. The molecule has 0 spiro atoms. The van der Waals surface area contributed by atoms with E-state index in [-0.39, 0.29) is 18.2 Å². The fourth-order valence-electron chi connectivity index (χ4n) is 2.28. The molecule has 0 radical (unpaired) electrons. The van der Waals surface area contributed by atoms with E-state index in [0.717, 1.165) is 6.07 Å². The Hall–Kier alpha value is -3.09. The highest BCUT2D eigenvalue weighted by Gasteiger charge is 2.21. The Bertz CT molecular complexity index is 780. The molecule has 3 rings (SSSR count). The Kier molecular flexibility index (Phi) is 5.13. The summed E-state index contributed by atoms with van der Waals surface area (Å²) in [6, 6.07) is 12.7. The summed E-state index contributed by atoms with van der Waals surface area (Å²) in [6.07, 6.45) is -0.346. The minimum Gasteiger partial charge on any atom is -0.486 e. The minimum absolute atomic E-state index is 0.199. The lowest BCUT2D eigenvalue weighted by atomic mass is 10.2. The molecule has 0 fully saturated rings. The van der Waals surface area contributed by atoms with Crippen molar-refractivity contribution in [1.29, 1.82) is 0 Å². The molecule has 1 N–H and O–H groups in total. The number of nitrogens with one attached hydrogen (secondary N) is 1. The van der Waals surface area contributed by atoms with Crippen LogP contribution in [-0.4, -0.2) is 37.7 Å². The predicted molar refractivity (Wildman–Crippen MR) is 86.0 cm³/mol. The van der Waals surface area contributed by atoms with Crippen LogP contribution in [0.3, 0.4) is 0 Å². The van der Waals surface area contributed by atoms with Gasteiger partial charge in [0.2, 0.25) is 0 Å². The van der Waals surface area contributed by atoms with Gasteiger partial charge >= 0.3 is 5.97 Å². The van der Waals surface area contributed by atoms with Gasteiger partial charge in [-0.1, -0.05) is 24.3 Å². The fourth-order valence-corrected chi connectivity index (χ4v) is 2.28. The van der Waals surface area contributed by atoms with Crippen molar-refractivity contribution in [3.8, 4) is 11.5 Å². The molecule has 0 aromatic heterocycles. The summed E-state index contributed by atoms with van der Waals surface area (Å²) in [5.41, 5.74) is -0.212. The van der Waals surface area contributed by atoms with Gasteiger partial charge in [-0.2, -0.15) is 0 Å². The number of rotatable bonds is 5. The van der Waals surface area contributed by atoms with Crippen LogP contribution in [0.5, 0.6) is 11.5 Å². The van der Waals surface area contributed by atoms with Crippen molar-refractivity contribution in [2.24, 2.45) is 0 Å². The van der Waals surface area contributed by atoms with Gasteiger partial charge in [0, 0.05) is 0 Å². The first-order chi connectivity index (χ1) is 12.1. The minimum atomic E-state index is -0.889. The van der Waals surface area contributed by atoms with Crippen LogP contribution in [0, 0.1) is 5.82 Å². The highest BCUT2D eigenvalue weighted by atomic mass is 19.1. The van der Waals surface area contributed by atoms with Crippen molar-refractivity contribution in [2.45, 2.75) is 6.10 Å². The molecule has 7 heteroatoms. The maximum atomic E-state index is 13.4. The van der Waals surface area contributed by atoms with Crippen LogP contribution in [0.4, 0.5) is 4.39 Å². The predicted octanol–water partition coefficient (Wildman–Crippen LogP) is 1.94. The number of hydrogen-bond acceptors (Lipinski definition) is 5. The maximum absolute atomic E-state index is 13.4. The average Bonchev–Trinajstić information content (AvgIpc) is 2.64. The van der Waals surface area contributed by atoms with Gasteiger partial charge in [0.25, 0.3) is 5.91 Å². The van der Waals surface area contributed by atoms with Gasteiger partial charge in [0.15, 0.2) is 18.1 Å². The molecule has 1 amide bonds. The smallest absolute Gasteiger partial charge is 0.341 e. The largest absolute Gasteiger partial charge is 0.486 e. The topological polar surface area (TPSA) is 73.9 Å². The van der Waals surface area contributed by atoms with Gasteiger partial charge in [-0.25, -0.2) is 9.18 Å². The van der Waals surface area contributed by atoms with Crippen LogP contribution < -0.4 is 14.8 Å². The number of halogens is 1. The molecule has 130 valence electrons. The maximum Gasteiger partial charge on any atom is 0.341 e. The number of carbonyl (C=O) groups is 2. The monoisotopic (exact) mass is 345 g/mol. The van der Waals surface area contributed by atoms with Crippen molar-refractivity contribution in [3.05, 3.63) is 59.9 Å². The number of ether oxygens (including phenoxy) is 3. The first-order valence-corrected chi connectivity index (χ1v) is 7.70. The second-order valence-electron chi connectivity index (χ2n) is 5.36. The molecule has 2 aromatic carbocycles. The number of fused-ring (bicyclic) bond motifs is 1. The molecule has 0 saturated carbocycles. The van der Waals surface area contributed by atoms with Gasteiger partial charge in [-0.3, -0.25) is 4.79 Å². The standard InChI is InChI=1S/C18H16FNO5/c19-14-6-2-1-5-13(14)18(22)24-11-17(21)20-9-12-10-23-15-7-3-4-8-16(15)25-12/h1-8,12H,9-11H2,(H,20,21)/t12-/m0/s1. The third kappa shape index (κ3) is 4.26. The van der Waals surface area contributed by atoms with Crippen LogP contribution in [0.25, 0.3) is 0 Å². The zero-order valence-electron chi connectivity index (χ0n) is 13.2. The van der Waals surface area contributed by atoms with E-state index in [1.807, 2.05) is 12.1 Å². The van der Waals surface area contributed by atoms with E-state index in [4.69, 9.17) is 14.2 Å². The van der Waals surface area contributed by atoms with Crippen molar-refractivity contribution < 1.29 is 28.2 Å². The van der Waals surface area contributed by atoms with E-state index in [0.29, 0.717) is 18.1 Å². The summed E-state index contributed by atoms with van der Waals surface area (Å²) >= 11 is 0. The van der Waals surface area contributed by atoms with Gasteiger partial charge < -0.3 is 19.5 Å². The van der Waals surface area contributed by atoms with Gasteiger partial charge in [-0.15, -0.1) is 0 Å². The number of hydrogen-bond donors (Lipinski definition) is 1. The molecule has 0 aliphatic carbocycles. The molecule has 1 aliphatic heterocycles. The highest BCUT2D eigenvalue weighted by Crippen LogP contribution is 2.30. The van der Waals surface area contributed by atoms with Crippen molar-refractivity contribution in [2.75, 3.05) is 19.8 Å². The zero-order valence-corrected chi connectivity index (χ0v) is 13.2. The molecular weight excluding hydrogens is 329 g/mol. The molecule has 0 unspecified atom stereocenters. The SMILES string of the molecule is O=C(COC(=O)c1ccccc1F)NC[C@H]1COc2ccccc2O1. The van der Waals surface area contributed by atoms with E-state index in [2.05, 4.69) is 5.32 Å². The quantitative estimate of drug-likeness (QED) is 0.839. The lowest BCUT2D eigenvalue weighted by Crippen LogP contribution is -2.42. The Labute approximate surface area is 143 Å². The Morgan fingerprint density at radius 3 is 2.64 bits per heavy atom. The Morgan fingerprint density at radius 2 is 1.84 bits per heavy atom. The van der Waals surface area contributed by atoms with E-state index in [1.165, 1.54) is 18.2 Å². The summed E-state index contributed by atoms with van der Waals surface area (Å²) in [7, 11) is 0. The first kappa shape index (κ1) is 16.8.